The molecule has 7 nitrogen and oxygen atoms in total. The minimum absolute atomic E-state index is 0.145. The van der Waals surface area contributed by atoms with E-state index in [1.165, 1.54) is 6.07 Å². The van der Waals surface area contributed by atoms with E-state index in [0.29, 0.717) is 11.3 Å². The van der Waals surface area contributed by atoms with Gasteiger partial charge in [-0.15, -0.1) is 0 Å². The summed E-state index contributed by atoms with van der Waals surface area (Å²) in [7, 11) is 0. The summed E-state index contributed by atoms with van der Waals surface area (Å²) in [5, 5.41) is 3.74. The van der Waals surface area contributed by atoms with E-state index in [0.717, 1.165) is 27.9 Å². The molecule has 0 saturated heterocycles. The standard InChI is InChI=1S/C19H17N5O2/c1-10-6-16(25)23-15-5-4-13(8-14(10)15)22-19(26)17-18-21-11(2)7-12(3)24(18)9-20-17/h4-9H,1-3H3,(H,22,26)(H,23,25). The van der Waals surface area contributed by atoms with Crippen molar-refractivity contribution in [2.75, 3.05) is 5.32 Å². The average molecular weight is 347 g/mol. The molecule has 0 saturated carbocycles. The minimum atomic E-state index is -0.327. The van der Waals surface area contributed by atoms with Gasteiger partial charge < -0.3 is 10.3 Å². The molecule has 0 bridgehead atoms. The van der Waals surface area contributed by atoms with Crippen molar-refractivity contribution in [2.24, 2.45) is 0 Å². The molecule has 0 aliphatic carbocycles. The van der Waals surface area contributed by atoms with Gasteiger partial charge in [-0.05, 0) is 50.6 Å². The highest BCUT2D eigenvalue weighted by molar-refractivity contribution is 6.07. The molecule has 2 N–H and O–H groups in total. The highest BCUT2D eigenvalue weighted by atomic mass is 16.2. The summed E-state index contributed by atoms with van der Waals surface area (Å²) in [6.45, 7) is 5.69. The predicted octanol–water partition coefficient (Wildman–Crippen LogP) is 2.75. The minimum Gasteiger partial charge on any atom is -0.322 e. The van der Waals surface area contributed by atoms with Crippen LogP contribution in [0.3, 0.4) is 0 Å². The Morgan fingerprint density at radius 2 is 1.96 bits per heavy atom. The van der Waals surface area contributed by atoms with Crippen LogP contribution in [0, 0.1) is 20.8 Å². The number of aryl methyl sites for hydroxylation is 3. The molecule has 26 heavy (non-hydrogen) atoms. The largest absolute Gasteiger partial charge is 0.322 e. The first kappa shape index (κ1) is 16.0. The van der Waals surface area contributed by atoms with Crippen molar-refractivity contribution >= 4 is 28.1 Å². The summed E-state index contributed by atoms with van der Waals surface area (Å²) in [6.07, 6.45) is 1.60. The molecule has 0 aliphatic rings. The van der Waals surface area contributed by atoms with Crippen molar-refractivity contribution in [3.63, 3.8) is 0 Å². The van der Waals surface area contributed by atoms with E-state index in [4.69, 9.17) is 0 Å². The number of aromatic nitrogens is 4. The lowest BCUT2D eigenvalue weighted by atomic mass is 10.1. The molecular formula is C19H17N5O2. The van der Waals surface area contributed by atoms with Gasteiger partial charge in [-0.25, -0.2) is 9.97 Å². The first-order valence-corrected chi connectivity index (χ1v) is 8.19. The van der Waals surface area contributed by atoms with Crippen molar-refractivity contribution in [3.8, 4) is 0 Å². The molecule has 130 valence electrons. The van der Waals surface area contributed by atoms with Crippen LogP contribution in [0.2, 0.25) is 0 Å². The van der Waals surface area contributed by atoms with E-state index in [1.54, 1.807) is 22.9 Å². The number of nitrogens with one attached hydrogen (secondary N) is 2. The number of pyridine rings is 1. The Balaban J connectivity index is 1.73. The lowest BCUT2D eigenvalue weighted by Gasteiger charge is -2.07. The molecule has 0 fully saturated rings. The van der Waals surface area contributed by atoms with Gasteiger partial charge in [0.2, 0.25) is 5.56 Å². The molecule has 1 aromatic carbocycles. The maximum absolute atomic E-state index is 12.7. The zero-order valence-electron chi connectivity index (χ0n) is 14.6. The van der Waals surface area contributed by atoms with Gasteiger partial charge in [0.1, 0.15) is 6.33 Å². The molecule has 0 atom stereocenters. The van der Waals surface area contributed by atoms with Crippen LogP contribution in [0.5, 0.6) is 0 Å². The second-order valence-electron chi connectivity index (χ2n) is 6.36. The van der Waals surface area contributed by atoms with Gasteiger partial charge in [0.25, 0.3) is 5.91 Å². The number of rotatable bonds is 2. The van der Waals surface area contributed by atoms with Crippen LogP contribution in [-0.4, -0.2) is 25.3 Å². The van der Waals surface area contributed by atoms with Crippen LogP contribution in [-0.2, 0) is 0 Å². The van der Waals surface area contributed by atoms with E-state index in [2.05, 4.69) is 20.3 Å². The SMILES string of the molecule is Cc1cc(C)n2cnc(C(=O)Nc3ccc4[nH]c(=O)cc(C)c4c3)c2n1. The summed E-state index contributed by atoms with van der Waals surface area (Å²) >= 11 is 0. The zero-order chi connectivity index (χ0) is 18.4. The summed E-state index contributed by atoms with van der Waals surface area (Å²) in [6, 6.07) is 8.82. The van der Waals surface area contributed by atoms with Gasteiger partial charge in [-0.2, -0.15) is 0 Å². The number of fused-ring (bicyclic) bond motifs is 2. The fourth-order valence-corrected chi connectivity index (χ4v) is 3.13. The number of nitrogens with zero attached hydrogens (tertiary/aromatic N) is 3. The smallest absolute Gasteiger partial charge is 0.278 e. The highest BCUT2D eigenvalue weighted by Crippen LogP contribution is 2.20. The Hall–Kier alpha value is -3.48. The number of hydrogen-bond acceptors (Lipinski definition) is 4. The number of carbonyl (C=O) groups excluding carboxylic acids is 1. The lowest BCUT2D eigenvalue weighted by molar-refractivity contribution is 0.102. The number of amides is 1. The number of hydrogen-bond donors (Lipinski definition) is 2. The van der Waals surface area contributed by atoms with E-state index in [1.807, 2.05) is 32.9 Å². The molecule has 0 radical (unpaired) electrons. The van der Waals surface area contributed by atoms with E-state index in [-0.39, 0.29) is 17.2 Å². The molecule has 0 unspecified atom stereocenters. The topological polar surface area (TPSA) is 92.2 Å². The normalized spacial score (nSPS) is 11.2. The third-order valence-corrected chi connectivity index (χ3v) is 4.35. The maximum atomic E-state index is 12.7. The van der Waals surface area contributed by atoms with Crippen LogP contribution in [0.15, 0.2) is 41.5 Å². The van der Waals surface area contributed by atoms with Crippen molar-refractivity contribution < 1.29 is 4.79 Å². The van der Waals surface area contributed by atoms with Crippen LogP contribution >= 0.6 is 0 Å². The third-order valence-electron chi connectivity index (χ3n) is 4.35. The Bertz CT molecular complexity index is 1240. The highest BCUT2D eigenvalue weighted by Gasteiger charge is 2.16. The predicted molar refractivity (Wildman–Crippen MR) is 99.7 cm³/mol. The van der Waals surface area contributed by atoms with Gasteiger partial charge in [0, 0.05) is 34.0 Å². The zero-order valence-corrected chi connectivity index (χ0v) is 14.6. The van der Waals surface area contributed by atoms with E-state index in [9.17, 15) is 9.59 Å². The van der Waals surface area contributed by atoms with Gasteiger partial charge >= 0.3 is 0 Å². The summed E-state index contributed by atoms with van der Waals surface area (Å²) in [5.74, 6) is -0.327. The lowest BCUT2D eigenvalue weighted by Crippen LogP contribution is -2.14. The first-order chi connectivity index (χ1) is 12.4. The molecule has 0 aliphatic heterocycles. The summed E-state index contributed by atoms with van der Waals surface area (Å²) in [4.78, 5) is 35.7. The number of H-pyrrole nitrogens is 1. The van der Waals surface area contributed by atoms with Gasteiger partial charge in [0.15, 0.2) is 11.3 Å². The van der Waals surface area contributed by atoms with Gasteiger partial charge in [-0.3, -0.25) is 14.0 Å². The van der Waals surface area contributed by atoms with Crippen molar-refractivity contribution in [1.29, 1.82) is 0 Å². The van der Waals surface area contributed by atoms with Crippen molar-refractivity contribution in [1.82, 2.24) is 19.4 Å². The number of anilines is 1. The quantitative estimate of drug-likeness (QED) is 0.583. The van der Waals surface area contributed by atoms with E-state index >= 15 is 0 Å². The molecule has 4 aromatic rings. The second-order valence-corrected chi connectivity index (χ2v) is 6.36. The maximum Gasteiger partial charge on any atom is 0.278 e. The average Bonchev–Trinajstić information content (AvgIpc) is 2.99. The number of aromatic amines is 1. The molecule has 7 heteroatoms. The Morgan fingerprint density at radius 3 is 2.77 bits per heavy atom. The first-order valence-electron chi connectivity index (χ1n) is 8.19. The van der Waals surface area contributed by atoms with Crippen LogP contribution < -0.4 is 10.9 Å². The molecular weight excluding hydrogens is 330 g/mol. The second kappa shape index (κ2) is 5.80. The van der Waals surface area contributed by atoms with E-state index < -0.39 is 0 Å². The fourth-order valence-electron chi connectivity index (χ4n) is 3.13. The van der Waals surface area contributed by atoms with Gasteiger partial charge in [0.05, 0.1) is 0 Å². The molecule has 4 rings (SSSR count). The fraction of sp³-hybridized carbons (Fsp3) is 0.158. The molecule has 3 aromatic heterocycles. The van der Waals surface area contributed by atoms with Crippen molar-refractivity contribution in [2.45, 2.75) is 20.8 Å². The number of imidazole rings is 1. The molecule has 0 spiro atoms. The monoisotopic (exact) mass is 347 g/mol. The Kier molecular flexibility index (Phi) is 3.57. The molecule has 1 amide bonds. The summed E-state index contributed by atoms with van der Waals surface area (Å²) < 4.78 is 1.79. The molecule has 3 heterocycles. The Labute approximate surface area is 148 Å². The number of carbonyl (C=O) groups is 1. The Morgan fingerprint density at radius 1 is 1.15 bits per heavy atom. The van der Waals surface area contributed by atoms with Crippen molar-refractivity contribution in [3.05, 3.63) is 69.7 Å². The van der Waals surface area contributed by atoms with Crippen LogP contribution in [0.4, 0.5) is 5.69 Å². The summed E-state index contributed by atoms with van der Waals surface area (Å²) in [5.41, 5.74) is 4.65. The number of benzene rings is 1. The third kappa shape index (κ3) is 2.63. The van der Waals surface area contributed by atoms with Crippen LogP contribution in [0.25, 0.3) is 16.6 Å². The van der Waals surface area contributed by atoms with Gasteiger partial charge in [-0.1, -0.05) is 0 Å². The van der Waals surface area contributed by atoms with Crippen LogP contribution in [0.1, 0.15) is 27.4 Å².